The topological polar surface area (TPSA) is 106 Å². The molecule has 1 aromatic heterocycles. The summed E-state index contributed by atoms with van der Waals surface area (Å²) in [5.41, 5.74) is 3.51. The Balaban J connectivity index is 1.74. The lowest BCUT2D eigenvalue weighted by Crippen LogP contribution is -2.43. The van der Waals surface area contributed by atoms with Crippen LogP contribution in [0.5, 0.6) is 0 Å². The highest BCUT2D eigenvalue weighted by molar-refractivity contribution is 7.89. The molecule has 118 valence electrons. The van der Waals surface area contributed by atoms with Crippen LogP contribution in [0, 0.1) is 5.92 Å². The normalized spacial score (nSPS) is 16.2. The molecule has 2 N–H and O–H groups in total. The zero-order valence-electron chi connectivity index (χ0n) is 12.1. The zero-order valence-corrected chi connectivity index (χ0v) is 12.9. The average molecular weight is 323 g/mol. The first kappa shape index (κ1) is 14.9. The Morgan fingerprint density at radius 2 is 2.05 bits per heavy atom. The molecule has 22 heavy (non-hydrogen) atoms. The summed E-state index contributed by atoms with van der Waals surface area (Å²) >= 11 is 0. The van der Waals surface area contributed by atoms with E-state index in [-0.39, 0.29) is 16.7 Å². The molecule has 0 aliphatic heterocycles. The number of hydrogen-bond acceptors (Lipinski definition) is 5. The average Bonchev–Trinajstić information content (AvgIpc) is 3.15. The van der Waals surface area contributed by atoms with Gasteiger partial charge in [0.1, 0.15) is 5.52 Å². The highest BCUT2D eigenvalue weighted by Crippen LogP contribution is 2.24. The van der Waals surface area contributed by atoms with Gasteiger partial charge < -0.3 is 0 Å². The summed E-state index contributed by atoms with van der Waals surface area (Å²) in [5.74, 6) is -0.383. The van der Waals surface area contributed by atoms with Gasteiger partial charge in [-0.1, -0.05) is 18.1 Å². The molecule has 1 saturated carbocycles. The van der Waals surface area contributed by atoms with Crippen LogP contribution in [0.25, 0.3) is 11.0 Å². The molecule has 1 amide bonds. The Morgan fingerprint density at radius 3 is 2.77 bits per heavy atom. The molecule has 3 rings (SSSR count). The molecule has 0 saturated heterocycles. The predicted octanol–water partition coefficient (Wildman–Crippen LogP) is 0.468. The maximum absolute atomic E-state index is 12.2. The van der Waals surface area contributed by atoms with Crippen LogP contribution < -0.4 is 10.3 Å². The Kier molecular flexibility index (Phi) is 3.83. The maximum Gasteiger partial charge on any atom is 0.257 e. The van der Waals surface area contributed by atoms with E-state index in [1.807, 2.05) is 0 Å². The maximum atomic E-state index is 12.2. The van der Waals surface area contributed by atoms with Crippen molar-refractivity contribution < 1.29 is 13.2 Å². The van der Waals surface area contributed by atoms with Crippen molar-refractivity contribution in [3.05, 3.63) is 18.2 Å². The van der Waals surface area contributed by atoms with Crippen molar-refractivity contribution in [1.82, 2.24) is 25.3 Å². The molecular weight excluding hydrogens is 306 g/mol. The first-order valence-corrected chi connectivity index (χ1v) is 8.57. The number of hydrogen-bond donors (Lipinski definition) is 2. The second-order valence-corrected chi connectivity index (χ2v) is 7.12. The molecular formula is C13H17N5O3S. The number of fused-ring (bicyclic) bond motifs is 1. The fourth-order valence-electron chi connectivity index (χ4n) is 2.65. The number of aromatic nitrogens is 3. The lowest BCUT2D eigenvalue weighted by atomic mass is 10.1. The van der Waals surface area contributed by atoms with Crippen molar-refractivity contribution in [3.63, 3.8) is 0 Å². The molecule has 0 unspecified atom stereocenters. The van der Waals surface area contributed by atoms with Gasteiger partial charge in [0, 0.05) is 13.0 Å². The molecule has 8 nitrogen and oxygen atoms in total. The van der Waals surface area contributed by atoms with Gasteiger partial charge in [-0.15, -0.1) is 9.93 Å². The smallest absolute Gasteiger partial charge is 0.257 e. The molecule has 1 aliphatic rings. The summed E-state index contributed by atoms with van der Waals surface area (Å²) in [6.07, 6.45) is 3.63. The van der Waals surface area contributed by atoms with E-state index in [0.717, 1.165) is 31.2 Å². The third-order valence-corrected chi connectivity index (χ3v) is 5.17. The Hall–Kier alpha value is -2.00. The van der Waals surface area contributed by atoms with Crippen LogP contribution in [-0.4, -0.2) is 29.3 Å². The third kappa shape index (κ3) is 2.81. The van der Waals surface area contributed by atoms with E-state index in [4.69, 9.17) is 0 Å². The summed E-state index contributed by atoms with van der Waals surface area (Å²) in [7, 11) is -2.10. The Morgan fingerprint density at radius 1 is 1.32 bits per heavy atom. The second-order valence-electron chi connectivity index (χ2n) is 5.44. The number of nitrogens with zero attached hydrogens (tertiary/aromatic N) is 3. The minimum absolute atomic E-state index is 0.0345. The molecule has 1 aromatic carbocycles. The SMILES string of the molecule is Cn1nnc2cc(S(=O)(=O)NNC(=O)C3CCCC3)ccc21. The first-order valence-electron chi connectivity index (χ1n) is 7.08. The standard InChI is InChI=1S/C13H17N5O3S/c1-18-12-7-6-10(8-11(12)14-16-18)22(20,21)17-15-13(19)9-4-2-3-5-9/h6-9,17H,2-5H2,1H3,(H,15,19). The monoisotopic (exact) mass is 323 g/mol. The van der Waals surface area contributed by atoms with Crippen molar-refractivity contribution in [1.29, 1.82) is 0 Å². The van der Waals surface area contributed by atoms with Crippen LogP contribution in [0.1, 0.15) is 25.7 Å². The fourth-order valence-corrected chi connectivity index (χ4v) is 3.52. The fraction of sp³-hybridized carbons (Fsp3) is 0.462. The van der Waals surface area contributed by atoms with Crippen LogP contribution in [0.15, 0.2) is 23.1 Å². The number of nitrogens with one attached hydrogen (secondary N) is 2. The molecule has 0 atom stereocenters. The number of hydrazine groups is 1. The van der Waals surface area contributed by atoms with E-state index in [1.165, 1.54) is 12.1 Å². The van der Waals surface area contributed by atoms with E-state index in [0.29, 0.717) is 5.52 Å². The highest BCUT2D eigenvalue weighted by Gasteiger charge is 2.24. The number of carbonyl (C=O) groups excluding carboxylic acids is 1. The summed E-state index contributed by atoms with van der Waals surface area (Å²) < 4.78 is 26.0. The quantitative estimate of drug-likeness (QED) is 0.796. The molecule has 1 aliphatic carbocycles. The van der Waals surface area contributed by atoms with Gasteiger partial charge >= 0.3 is 0 Å². The summed E-state index contributed by atoms with van der Waals surface area (Å²) in [6.45, 7) is 0. The van der Waals surface area contributed by atoms with Crippen LogP contribution in [-0.2, 0) is 21.9 Å². The predicted molar refractivity (Wildman–Crippen MR) is 78.9 cm³/mol. The van der Waals surface area contributed by atoms with Gasteiger partial charge in [0.05, 0.1) is 10.4 Å². The number of aryl methyl sites for hydroxylation is 1. The van der Waals surface area contributed by atoms with Crippen molar-refractivity contribution >= 4 is 27.0 Å². The van der Waals surface area contributed by atoms with Gasteiger partial charge in [0.25, 0.3) is 10.0 Å². The number of sulfonamides is 1. The molecule has 0 radical (unpaired) electrons. The zero-order chi connectivity index (χ0) is 15.7. The molecule has 0 spiro atoms. The lowest BCUT2D eigenvalue weighted by molar-refractivity contribution is -0.125. The Bertz CT molecular complexity index is 808. The first-order chi connectivity index (χ1) is 10.5. The number of rotatable bonds is 4. The van der Waals surface area contributed by atoms with Crippen molar-refractivity contribution in [3.8, 4) is 0 Å². The Labute approximate surface area is 127 Å². The van der Waals surface area contributed by atoms with E-state index in [2.05, 4.69) is 20.6 Å². The molecule has 2 aromatic rings. The van der Waals surface area contributed by atoms with Gasteiger partial charge in [-0.05, 0) is 31.0 Å². The number of benzene rings is 1. The van der Waals surface area contributed by atoms with Crippen molar-refractivity contribution in [2.45, 2.75) is 30.6 Å². The van der Waals surface area contributed by atoms with Crippen LogP contribution in [0.2, 0.25) is 0 Å². The molecule has 9 heteroatoms. The summed E-state index contributed by atoms with van der Waals surface area (Å²) in [5, 5.41) is 7.71. The minimum Gasteiger partial charge on any atom is -0.277 e. The van der Waals surface area contributed by atoms with Gasteiger partial charge in [0.2, 0.25) is 5.91 Å². The van der Waals surface area contributed by atoms with Crippen LogP contribution in [0.4, 0.5) is 0 Å². The molecule has 1 fully saturated rings. The largest absolute Gasteiger partial charge is 0.277 e. The van der Waals surface area contributed by atoms with E-state index in [9.17, 15) is 13.2 Å². The van der Waals surface area contributed by atoms with Crippen LogP contribution in [0.3, 0.4) is 0 Å². The summed E-state index contributed by atoms with van der Waals surface area (Å²) in [4.78, 5) is 14.1. The number of amides is 1. The minimum atomic E-state index is -3.83. The van der Waals surface area contributed by atoms with Gasteiger partial charge in [-0.2, -0.15) is 0 Å². The third-order valence-electron chi connectivity index (χ3n) is 3.93. The lowest BCUT2D eigenvalue weighted by Gasteiger charge is -2.11. The highest BCUT2D eigenvalue weighted by atomic mass is 32.2. The van der Waals surface area contributed by atoms with Crippen LogP contribution >= 0.6 is 0 Å². The second kappa shape index (κ2) is 5.65. The van der Waals surface area contributed by atoms with E-state index >= 15 is 0 Å². The molecule has 1 heterocycles. The van der Waals surface area contributed by atoms with Gasteiger partial charge in [-0.3, -0.25) is 10.2 Å². The van der Waals surface area contributed by atoms with E-state index < -0.39 is 10.0 Å². The molecule has 0 bridgehead atoms. The van der Waals surface area contributed by atoms with E-state index in [1.54, 1.807) is 17.8 Å². The van der Waals surface area contributed by atoms with Crippen molar-refractivity contribution in [2.75, 3.05) is 0 Å². The van der Waals surface area contributed by atoms with Crippen molar-refractivity contribution in [2.24, 2.45) is 13.0 Å². The number of carbonyl (C=O) groups is 1. The van der Waals surface area contributed by atoms with Gasteiger partial charge in [-0.25, -0.2) is 13.1 Å². The summed E-state index contributed by atoms with van der Waals surface area (Å²) in [6, 6.07) is 4.50. The van der Waals surface area contributed by atoms with Gasteiger partial charge in [0.15, 0.2) is 0 Å².